The van der Waals surface area contributed by atoms with Gasteiger partial charge in [0.05, 0.1) is 0 Å². The van der Waals surface area contributed by atoms with E-state index in [4.69, 9.17) is 5.73 Å². The fraction of sp³-hybridized carbons (Fsp3) is 0.333. The largest absolute Gasteiger partial charge is 0.385 e. The lowest BCUT2D eigenvalue weighted by Gasteiger charge is -2.03. The van der Waals surface area contributed by atoms with Crippen LogP contribution in [0.1, 0.15) is 19.4 Å². The molecule has 0 atom stereocenters. The van der Waals surface area contributed by atoms with Crippen LogP contribution in [0.15, 0.2) is 42.6 Å². The van der Waals surface area contributed by atoms with Crippen LogP contribution in [0.2, 0.25) is 0 Å². The fourth-order valence-corrected chi connectivity index (χ4v) is 0.849. The molecule has 0 saturated heterocycles. The van der Waals surface area contributed by atoms with Crippen molar-refractivity contribution in [2.75, 3.05) is 6.54 Å². The third kappa shape index (κ3) is 7.37. The molecule has 78 valence electrons. The average Bonchev–Trinajstić information content (AvgIpc) is 2.18. The van der Waals surface area contributed by atoms with E-state index in [1.165, 1.54) is 5.56 Å². The molecule has 0 amide bonds. The zero-order valence-electron chi connectivity index (χ0n) is 9.09. The van der Waals surface area contributed by atoms with Gasteiger partial charge in [-0.15, -0.1) is 0 Å². The van der Waals surface area contributed by atoms with Crippen LogP contribution in [0.25, 0.3) is 0 Å². The molecular weight excluding hydrogens is 172 g/mol. The van der Waals surface area contributed by atoms with Gasteiger partial charge < -0.3 is 11.1 Å². The molecule has 0 radical (unpaired) electrons. The Morgan fingerprint density at radius 3 is 2.29 bits per heavy atom. The summed E-state index contributed by atoms with van der Waals surface area (Å²) in [6, 6.07) is 10.3. The van der Waals surface area contributed by atoms with Gasteiger partial charge in [-0.3, -0.25) is 0 Å². The van der Waals surface area contributed by atoms with Crippen LogP contribution in [0, 0.1) is 0 Å². The van der Waals surface area contributed by atoms with Crippen molar-refractivity contribution in [3.63, 3.8) is 0 Å². The molecule has 0 unspecified atom stereocenters. The van der Waals surface area contributed by atoms with Crippen LogP contribution in [-0.2, 0) is 6.54 Å². The molecule has 0 aromatic heterocycles. The summed E-state index contributed by atoms with van der Waals surface area (Å²) in [6.07, 6.45) is 0. The van der Waals surface area contributed by atoms with Crippen LogP contribution in [-0.4, -0.2) is 6.54 Å². The molecule has 1 aromatic carbocycles. The predicted molar refractivity (Wildman–Crippen MR) is 62.8 cm³/mol. The van der Waals surface area contributed by atoms with E-state index in [-0.39, 0.29) is 0 Å². The van der Waals surface area contributed by atoms with Crippen LogP contribution >= 0.6 is 0 Å². The molecule has 1 aromatic rings. The maximum absolute atomic E-state index is 4.85. The van der Waals surface area contributed by atoms with Crippen LogP contribution in [0.4, 0.5) is 0 Å². The highest BCUT2D eigenvalue weighted by molar-refractivity contribution is 5.14. The fourth-order valence-electron chi connectivity index (χ4n) is 0.849. The Labute approximate surface area is 86.8 Å². The highest BCUT2D eigenvalue weighted by Gasteiger charge is 1.87. The van der Waals surface area contributed by atoms with E-state index in [1.807, 2.05) is 32.0 Å². The quantitative estimate of drug-likeness (QED) is 0.771. The summed E-state index contributed by atoms with van der Waals surface area (Å²) in [5.74, 6) is 0. The van der Waals surface area contributed by atoms with Crippen molar-refractivity contribution < 1.29 is 0 Å². The van der Waals surface area contributed by atoms with Crippen molar-refractivity contribution >= 4 is 0 Å². The van der Waals surface area contributed by atoms with Crippen molar-refractivity contribution in [1.29, 1.82) is 0 Å². The molecule has 2 heteroatoms. The smallest absolute Gasteiger partial charge is 0.0397 e. The Bertz CT molecular complexity index is 242. The first-order chi connectivity index (χ1) is 6.70. The number of benzene rings is 1. The normalized spacial score (nSPS) is 8.50. The maximum Gasteiger partial charge on any atom is 0.0397 e. The van der Waals surface area contributed by atoms with Gasteiger partial charge in [-0.1, -0.05) is 43.8 Å². The highest BCUT2D eigenvalue weighted by Crippen LogP contribution is 1.97. The molecule has 0 heterocycles. The molecule has 0 aliphatic heterocycles. The molecule has 1 rings (SSSR count). The van der Waals surface area contributed by atoms with Gasteiger partial charge in [0.2, 0.25) is 0 Å². The van der Waals surface area contributed by atoms with E-state index in [9.17, 15) is 0 Å². The SMILES string of the molecule is C=C(C)NCc1ccccc1.CCN. The van der Waals surface area contributed by atoms with Gasteiger partial charge in [-0.05, 0) is 19.0 Å². The average molecular weight is 192 g/mol. The van der Waals surface area contributed by atoms with Gasteiger partial charge in [-0.2, -0.15) is 0 Å². The monoisotopic (exact) mass is 192 g/mol. The second-order valence-electron chi connectivity index (χ2n) is 3.03. The number of nitrogens with one attached hydrogen (secondary N) is 1. The summed E-state index contributed by atoms with van der Waals surface area (Å²) in [5.41, 5.74) is 7.14. The first kappa shape index (κ1) is 12.7. The minimum absolute atomic E-state index is 0.750. The maximum atomic E-state index is 4.85. The summed E-state index contributed by atoms with van der Waals surface area (Å²) in [6.45, 7) is 9.24. The van der Waals surface area contributed by atoms with E-state index in [1.54, 1.807) is 0 Å². The van der Waals surface area contributed by atoms with Crippen molar-refractivity contribution in [1.82, 2.24) is 5.32 Å². The Balaban J connectivity index is 0.000000500. The number of hydrogen-bond acceptors (Lipinski definition) is 2. The van der Waals surface area contributed by atoms with Crippen molar-refractivity contribution in [3.8, 4) is 0 Å². The van der Waals surface area contributed by atoms with E-state index in [0.29, 0.717) is 0 Å². The predicted octanol–water partition coefficient (Wildman–Crippen LogP) is 2.27. The Morgan fingerprint density at radius 1 is 1.36 bits per heavy atom. The molecule has 0 saturated carbocycles. The van der Waals surface area contributed by atoms with E-state index < -0.39 is 0 Å². The molecule has 0 fully saturated rings. The van der Waals surface area contributed by atoms with Crippen LogP contribution < -0.4 is 11.1 Å². The summed E-state index contributed by atoms with van der Waals surface area (Å²) in [5, 5.41) is 3.17. The number of rotatable bonds is 3. The molecule has 0 spiro atoms. The third-order valence-corrected chi connectivity index (χ3v) is 1.44. The third-order valence-electron chi connectivity index (χ3n) is 1.44. The Morgan fingerprint density at radius 2 is 1.86 bits per heavy atom. The van der Waals surface area contributed by atoms with E-state index in [0.717, 1.165) is 18.8 Å². The second-order valence-corrected chi connectivity index (χ2v) is 3.03. The minimum atomic E-state index is 0.750. The van der Waals surface area contributed by atoms with Gasteiger partial charge in [0.25, 0.3) is 0 Å². The summed E-state index contributed by atoms with van der Waals surface area (Å²) >= 11 is 0. The van der Waals surface area contributed by atoms with Gasteiger partial charge in [0, 0.05) is 12.2 Å². The van der Waals surface area contributed by atoms with Gasteiger partial charge in [0.1, 0.15) is 0 Å². The highest BCUT2D eigenvalue weighted by atomic mass is 14.9. The van der Waals surface area contributed by atoms with Gasteiger partial charge >= 0.3 is 0 Å². The van der Waals surface area contributed by atoms with Crippen molar-refractivity contribution in [2.45, 2.75) is 20.4 Å². The second kappa shape index (κ2) is 8.32. The molecule has 0 bridgehead atoms. The molecule has 0 aliphatic carbocycles. The summed E-state index contributed by atoms with van der Waals surface area (Å²) in [4.78, 5) is 0. The topological polar surface area (TPSA) is 38.0 Å². The zero-order valence-corrected chi connectivity index (χ0v) is 9.09. The minimum Gasteiger partial charge on any atom is -0.385 e. The van der Waals surface area contributed by atoms with E-state index >= 15 is 0 Å². The lowest BCUT2D eigenvalue weighted by atomic mass is 10.2. The lowest BCUT2D eigenvalue weighted by Crippen LogP contribution is -2.08. The standard InChI is InChI=1S/C10H13N.C2H7N/c1-9(2)11-8-10-6-4-3-5-7-10;1-2-3/h3-7,11H,1,8H2,2H3;2-3H2,1H3. The zero-order chi connectivity index (χ0) is 10.8. The lowest BCUT2D eigenvalue weighted by molar-refractivity contribution is 0.816. The van der Waals surface area contributed by atoms with Crippen LogP contribution in [0.3, 0.4) is 0 Å². The van der Waals surface area contributed by atoms with Gasteiger partial charge in [-0.25, -0.2) is 0 Å². The molecule has 2 nitrogen and oxygen atoms in total. The summed E-state index contributed by atoms with van der Waals surface area (Å²) < 4.78 is 0. The van der Waals surface area contributed by atoms with Crippen molar-refractivity contribution in [2.24, 2.45) is 5.73 Å². The van der Waals surface area contributed by atoms with Gasteiger partial charge in [0.15, 0.2) is 0 Å². The number of allylic oxidation sites excluding steroid dienone is 1. The Hall–Kier alpha value is -1.28. The molecular formula is C12H20N2. The molecule has 3 N–H and O–H groups in total. The summed E-state index contributed by atoms with van der Waals surface area (Å²) in [7, 11) is 0. The number of hydrogen-bond donors (Lipinski definition) is 2. The molecule has 0 aliphatic rings. The molecule has 14 heavy (non-hydrogen) atoms. The number of nitrogens with two attached hydrogens (primary N) is 1. The Kier molecular flexibility index (Phi) is 7.56. The van der Waals surface area contributed by atoms with Crippen molar-refractivity contribution in [3.05, 3.63) is 48.2 Å². The van der Waals surface area contributed by atoms with Crippen LogP contribution in [0.5, 0.6) is 0 Å². The van der Waals surface area contributed by atoms with E-state index in [2.05, 4.69) is 24.0 Å². The first-order valence-corrected chi connectivity index (χ1v) is 4.84. The first-order valence-electron chi connectivity index (χ1n) is 4.84.